The van der Waals surface area contributed by atoms with E-state index < -0.39 is 0 Å². The number of rotatable bonds is 4. The van der Waals surface area contributed by atoms with Crippen LogP contribution in [0.3, 0.4) is 0 Å². The molecule has 0 amide bonds. The summed E-state index contributed by atoms with van der Waals surface area (Å²) in [5.74, 6) is 0.158. The molecule has 1 N–H and O–H groups in total. The number of benzene rings is 1. The van der Waals surface area contributed by atoms with Gasteiger partial charge in [0.25, 0.3) is 0 Å². The van der Waals surface area contributed by atoms with Crippen LogP contribution in [-0.4, -0.2) is 11.0 Å². The molecule has 24 heavy (non-hydrogen) atoms. The van der Waals surface area contributed by atoms with E-state index in [1.807, 2.05) is 94.5 Å². The van der Waals surface area contributed by atoms with E-state index >= 15 is 0 Å². The van der Waals surface area contributed by atoms with Gasteiger partial charge in [-0.25, -0.2) is 4.99 Å². The molecule has 2 nitrogen and oxygen atoms in total. The number of aliphatic hydroxyl groups is 1. The van der Waals surface area contributed by atoms with Gasteiger partial charge in [0.05, 0.1) is 5.69 Å². The van der Waals surface area contributed by atoms with Gasteiger partial charge in [-0.3, -0.25) is 0 Å². The molecule has 3 heteroatoms. The van der Waals surface area contributed by atoms with Crippen LogP contribution in [0, 0.1) is 64.2 Å². The van der Waals surface area contributed by atoms with Crippen LogP contribution in [0.15, 0.2) is 48.0 Å². The molecule has 2 saturated carbocycles. The maximum Gasteiger partial charge on any atom is 2.00 e. The second-order valence-corrected chi connectivity index (χ2v) is 4.62. The molecule has 0 bridgehead atoms. The topological polar surface area (TPSA) is 32.6 Å². The molecule has 10 radical (unpaired) electrons. The van der Waals surface area contributed by atoms with E-state index in [-0.39, 0.29) is 32.1 Å². The summed E-state index contributed by atoms with van der Waals surface area (Å²) in [5, 5.41) is 9.34. The second-order valence-electron chi connectivity index (χ2n) is 4.62. The largest absolute Gasteiger partial charge is 2.00 e. The normalized spacial score (nSPS) is 16.1. The molecule has 1 aromatic carbocycles. The van der Waals surface area contributed by atoms with Crippen molar-refractivity contribution < 1.29 is 31.3 Å². The predicted octanol–water partition coefficient (Wildman–Crippen LogP) is 5.28. The summed E-state index contributed by atoms with van der Waals surface area (Å²) < 4.78 is 0. The molecule has 120 valence electrons. The molecule has 0 heterocycles. The average Bonchev–Trinajstić information content (AvgIpc) is 3.31. The van der Waals surface area contributed by atoms with Crippen molar-refractivity contribution in [2.45, 2.75) is 12.8 Å². The Hall–Kier alpha value is -0.687. The van der Waals surface area contributed by atoms with Gasteiger partial charge in [0.2, 0.25) is 0 Å². The van der Waals surface area contributed by atoms with Gasteiger partial charge in [-0.2, -0.15) is 0 Å². The Labute approximate surface area is 167 Å². The number of nitrogens with zero attached hydrogens (tertiary/aromatic N) is 1. The second kappa shape index (κ2) is 17.1. The molecule has 3 rings (SSSR count). The fourth-order valence-electron chi connectivity index (χ4n) is 1.58. The van der Waals surface area contributed by atoms with Crippen LogP contribution in [0.25, 0.3) is 0 Å². The third-order valence-electron chi connectivity index (χ3n) is 2.70. The molecule has 0 saturated heterocycles. The van der Waals surface area contributed by atoms with E-state index in [9.17, 15) is 5.11 Å². The molecule has 0 atom stereocenters. The van der Waals surface area contributed by atoms with E-state index in [4.69, 9.17) is 0 Å². The van der Waals surface area contributed by atoms with Crippen molar-refractivity contribution in [1.29, 1.82) is 0 Å². The summed E-state index contributed by atoms with van der Waals surface area (Å²) in [6.07, 6.45) is 23.1. The van der Waals surface area contributed by atoms with Crippen LogP contribution in [0.2, 0.25) is 0 Å². The standard InChI is InChI=1S/C11H13NO.2C5H5.Zr/c1-2-3-9-11(13)12-10-7-5-4-6-8-10;2*1-2-4-5-3-1;/h2,4-8H,1,3,9H2,(H,12,13);2*1-5H;/q;;;+2. The molecule has 2 fully saturated rings. The minimum atomic E-state index is 0. The summed E-state index contributed by atoms with van der Waals surface area (Å²) in [7, 11) is 0. The fraction of sp³-hybridized carbons (Fsp3) is 0.0952. The van der Waals surface area contributed by atoms with Crippen molar-refractivity contribution >= 4 is 11.6 Å². The van der Waals surface area contributed by atoms with Crippen molar-refractivity contribution in [3.63, 3.8) is 0 Å². The Morgan fingerprint density at radius 3 is 1.62 bits per heavy atom. The first-order valence-corrected chi connectivity index (χ1v) is 7.58. The van der Waals surface area contributed by atoms with Crippen molar-refractivity contribution in [2.24, 2.45) is 4.99 Å². The van der Waals surface area contributed by atoms with Crippen molar-refractivity contribution in [3.05, 3.63) is 107 Å². The smallest absolute Gasteiger partial charge is 0.496 e. The van der Waals surface area contributed by atoms with Gasteiger partial charge in [-0.1, -0.05) is 24.3 Å². The van der Waals surface area contributed by atoms with Gasteiger partial charge in [-0.15, -0.1) is 6.58 Å². The molecule has 0 aromatic heterocycles. The maximum absolute atomic E-state index is 9.34. The van der Waals surface area contributed by atoms with E-state index in [0.717, 1.165) is 12.1 Å². The summed E-state index contributed by atoms with van der Waals surface area (Å²) in [4.78, 5) is 4.02. The number of allylic oxidation sites excluding steroid dienone is 1. The number of aliphatic imine (C=N–C) groups is 1. The maximum atomic E-state index is 9.34. The minimum Gasteiger partial charge on any atom is -0.496 e. The Kier molecular flexibility index (Phi) is 16.7. The molecular weight excluding hydrogens is 373 g/mol. The minimum absolute atomic E-state index is 0. The zero-order chi connectivity index (χ0) is 16.6. The fourth-order valence-corrected chi connectivity index (χ4v) is 1.58. The van der Waals surface area contributed by atoms with Gasteiger partial charge >= 0.3 is 26.2 Å². The SMILES string of the molecule is C=CCCC(O)=Nc1ccccc1.[CH]1[CH][CH][CH][CH]1.[CH]1[CH][CH][CH][CH]1.[Zr+2]. The molecule has 0 spiro atoms. The predicted molar refractivity (Wildman–Crippen MR) is 98.6 cm³/mol. The first-order chi connectivity index (χ1) is 11.3. The monoisotopic (exact) mass is 395 g/mol. The molecular formula is C21H23NOZr+2. The Morgan fingerprint density at radius 1 is 0.833 bits per heavy atom. The Balaban J connectivity index is 0.000000393. The molecule has 2 aliphatic carbocycles. The van der Waals surface area contributed by atoms with Crippen LogP contribution >= 0.6 is 0 Å². The van der Waals surface area contributed by atoms with Gasteiger partial charge in [0.15, 0.2) is 5.90 Å². The van der Waals surface area contributed by atoms with Crippen molar-refractivity contribution in [1.82, 2.24) is 0 Å². The number of para-hydroxylation sites is 1. The number of hydrogen-bond acceptors (Lipinski definition) is 1. The van der Waals surface area contributed by atoms with Gasteiger partial charge in [-0.05, 0) is 82.8 Å². The first kappa shape index (κ1) is 23.3. The molecule has 0 aliphatic heterocycles. The number of aliphatic hydroxyl groups excluding tert-OH is 1. The van der Waals surface area contributed by atoms with Crippen molar-refractivity contribution in [3.8, 4) is 0 Å². The third kappa shape index (κ3) is 13.7. The van der Waals surface area contributed by atoms with E-state index in [1.54, 1.807) is 6.08 Å². The van der Waals surface area contributed by atoms with Gasteiger partial charge in [0.1, 0.15) is 0 Å². The van der Waals surface area contributed by atoms with Crippen LogP contribution in [0.4, 0.5) is 5.69 Å². The van der Waals surface area contributed by atoms with Gasteiger partial charge in [0, 0.05) is 6.42 Å². The van der Waals surface area contributed by atoms with E-state index in [2.05, 4.69) is 11.6 Å². The third-order valence-corrected chi connectivity index (χ3v) is 2.70. The van der Waals surface area contributed by atoms with E-state index in [1.165, 1.54) is 0 Å². The van der Waals surface area contributed by atoms with Crippen LogP contribution < -0.4 is 0 Å². The van der Waals surface area contributed by atoms with Crippen LogP contribution in [0.1, 0.15) is 12.8 Å². The van der Waals surface area contributed by atoms with Gasteiger partial charge < -0.3 is 5.11 Å². The van der Waals surface area contributed by atoms with Crippen molar-refractivity contribution in [2.75, 3.05) is 0 Å². The number of hydrogen-bond donors (Lipinski definition) is 1. The summed E-state index contributed by atoms with van der Waals surface area (Å²) in [5.41, 5.74) is 0.782. The quantitative estimate of drug-likeness (QED) is 0.419. The Bertz CT molecular complexity index is 398. The van der Waals surface area contributed by atoms with Crippen LogP contribution in [0.5, 0.6) is 0 Å². The zero-order valence-electron chi connectivity index (χ0n) is 13.8. The molecule has 0 unspecified atom stereocenters. The molecule has 2 aliphatic rings. The Morgan fingerprint density at radius 2 is 1.25 bits per heavy atom. The van der Waals surface area contributed by atoms with Crippen LogP contribution in [-0.2, 0) is 26.2 Å². The summed E-state index contributed by atoms with van der Waals surface area (Å²) in [6, 6.07) is 9.40. The average molecular weight is 397 g/mol. The van der Waals surface area contributed by atoms with E-state index in [0.29, 0.717) is 6.42 Å². The molecule has 1 aromatic rings. The summed E-state index contributed by atoms with van der Waals surface area (Å²) >= 11 is 0. The zero-order valence-corrected chi connectivity index (χ0v) is 16.2. The first-order valence-electron chi connectivity index (χ1n) is 7.58. The summed E-state index contributed by atoms with van der Waals surface area (Å²) in [6.45, 7) is 3.57.